The third-order valence-corrected chi connectivity index (χ3v) is 18.1. The molecular formula is C41H66O13. The molecule has 0 aromatic carbocycles. The van der Waals surface area contributed by atoms with Crippen molar-refractivity contribution in [1.29, 1.82) is 0 Å². The lowest BCUT2D eigenvalue weighted by molar-refractivity contribution is -0.358. The van der Waals surface area contributed by atoms with Gasteiger partial charge in [-0.25, -0.2) is 0 Å². The number of hydrogen-bond acceptors (Lipinski definition) is 13. The van der Waals surface area contributed by atoms with Crippen LogP contribution in [0.3, 0.4) is 0 Å². The van der Waals surface area contributed by atoms with E-state index in [4.69, 9.17) is 23.7 Å². The fraction of sp³-hybridized carbons (Fsp3) is 0.976. The van der Waals surface area contributed by atoms with Crippen molar-refractivity contribution in [3.63, 3.8) is 0 Å². The molecule has 3 saturated heterocycles. The van der Waals surface area contributed by atoms with Gasteiger partial charge in [0.1, 0.15) is 48.3 Å². The van der Waals surface area contributed by atoms with Gasteiger partial charge in [-0.3, -0.25) is 4.79 Å². The molecule has 0 radical (unpaired) electrons. The molecule has 3 aliphatic heterocycles. The van der Waals surface area contributed by atoms with Crippen LogP contribution in [0, 0.1) is 50.2 Å². The smallest absolute Gasteiger partial charge is 0.313 e. The molecule has 19 atom stereocenters. The van der Waals surface area contributed by atoms with E-state index in [1.807, 2.05) is 0 Å². The maximum atomic E-state index is 14.0. The van der Waals surface area contributed by atoms with Gasteiger partial charge in [-0.05, 0) is 104 Å². The summed E-state index contributed by atoms with van der Waals surface area (Å²) < 4.78 is 30.7. The third-order valence-electron chi connectivity index (χ3n) is 18.1. The van der Waals surface area contributed by atoms with E-state index in [2.05, 4.69) is 41.5 Å². The first-order chi connectivity index (χ1) is 25.3. The molecule has 1 spiro atoms. The van der Waals surface area contributed by atoms with Crippen LogP contribution >= 0.6 is 0 Å². The van der Waals surface area contributed by atoms with E-state index in [0.29, 0.717) is 11.8 Å². The van der Waals surface area contributed by atoms with Crippen LogP contribution in [-0.2, 0) is 28.5 Å². The first-order valence-electron chi connectivity index (χ1n) is 20.7. The second kappa shape index (κ2) is 13.0. The van der Waals surface area contributed by atoms with Crippen LogP contribution in [0.2, 0.25) is 0 Å². The minimum atomic E-state index is -1.69. The predicted molar refractivity (Wildman–Crippen MR) is 191 cm³/mol. The fourth-order valence-corrected chi connectivity index (χ4v) is 14.7. The summed E-state index contributed by atoms with van der Waals surface area (Å²) in [6, 6.07) is 0. The molecule has 8 fully saturated rings. The molecule has 3 unspecified atom stereocenters. The number of rotatable bonds is 6. The van der Waals surface area contributed by atoms with Gasteiger partial charge in [0, 0.05) is 17.9 Å². The number of hydrogen-bond donors (Lipinski definition) is 7. The van der Waals surface area contributed by atoms with E-state index in [1.165, 1.54) is 0 Å². The van der Waals surface area contributed by atoms with Gasteiger partial charge < -0.3 is 59.4 Å². The molecule has 2 bridgehead atoms. The summed E-state index contributed by atoms with van der Waals surface area (Å²) in [5.41, 5.74) is -1.71. The molecule has 5 aliphatic carbocycles. The van der Waals surface area contributed by atoms with Gasteiger partial charge in [0.05, 0.1) is 24.7 Å². The molecule has 0 amide bonds. The number of ether oxygens (including phenoxy) is 5. The Kier molecular flexibility index (Phi) is 9.60. The topological polar surface area (TPSA) is 205 Å². The molecule has 54 heavy (non-hydrogen) atoms. The highest BCUT2D eigenvalue weighted by molar-refractivity contribution is 5.81. The summed E-state index contributed by atoms with van der Waals surface area (Å²) in [4.78, 5) is 14.0. The number of carbonyl (C=O) groups is 1. The van der Waals surface area contributed by atoms with Crippen LogP contribution in [0.15, 0.2) is 0 Å². The average Bonchev–Trinajstić information content (AvgIpc) is 3.31. The normalized spacial score (nSPS) is 57.9. The first kappa shape index (κ1) is 39.8. The summed E-state index contributed by atoms with van der Waals surface area (Å²) in [5.74, 6) is 0.840. The zero-order chi connectivity index (χ0) is 39.0. The van der Waals surface area contributed by atoms with Crippen molar-refractivity contribution in [2.45, 2.75) is 179 Å². The quantitative estimate of drug-likeness (QED) is 0.153. The molecular weight excluding hydrogens is 700 g/mol. The van der Waals surface area contributed by atoms with Crippen molar-refractivity contribution in [3.8, 4) is 0 Å². The highest BCUT2D eigenvalue weighted by Crippen LogP contribution is 2.80. The number of esters is 1. The van der Waals surface area contributed by atoms with Gasteiger partial charge in [0.2, 0.25) is 0 Å². The van der Waals surface area contributed by atoms with Crippen LogP contribution in [-0.4, -0.2) is 129 Å². The SMILES string of the molecule is CC1(C)C2CC[C@]3(C)C(CC[C@]45OC(=O)[C@@]6(CC[C@](C)(CO)CC64)CC[C@]53C)[C@@]2(C)CC[C@@H]1O[C@@H]1OC[C@@H](O)[C@H](O[C@H]2O[C@@H](CO)[C@@H](O)[C@H](O)[C@H]2O)[C@H]1O. The predicted octanol–water partition coefficient (Wildman–Crippen LogP) is 2.17. The number of aliphatic hydroxyl groups is 7. The molecule has 308 valence electrons. The van der Waals surface area contributed by atoms with E-state index in [-0.39, 0.29) is 58.3 Å². The highest BCUT2D eigenvalue weighted by Gasteiger charge is 2.81. The Morgan fingerprint density at radius 3 is 2.13 bits per heavy atom. The van der Waals surface area contributed by atoms with Crippen LogP contribution in [0.1, 0.15) is 112 Å². The maximum absolute atomic E-state index is 14.0. The molecule has 7 N–H and O–H groups in total. The minimum Gasteiger partial charge on any atom is -0.458 e. The second-order valence-electron chi connectivity index (χ2n) is 20.6. The maximum Gasteiger partial charge on any atom is 0.313 e. The standard InChI is InChI=1S/C41H66O13/c1-35(2)23-7-11-38(5)24(8-12-41-25-17-36(3,20-43)13-15-40(25,34(49)54-41)16-14-39(38,41)6)37(23,4)10-9-26(35)52-32-30(48)31(21(44)19-50-32)53-33-29(47)28(46)27(45)22(18-42)51-33/h21-33,42-48H,7-20H2,1-6H3/t21-,22+,23?,24?,25?,26+,27-,28+,29-,30-,31+,32+,33-,36+,37+,38-,39+,40+,41+/m1/s1. The van der Waals surface area contributed by atoms with E-state index < -0.39 is 72.9 Å². The van der Waals surface area contributed by atoms with Gasteiger partial charge in [0.25, 0.3) is 0 Å². The van der Waals surface area contributed by atoms with Crippen LogP contribution in [0.25, 0.3) is 0 Å². The molecule has 8 aliphatic rings. The molecule has 13 heteroatoms. The summed E-state index contributed by atoms with van der Waals surface area (Å²) in [5, 5.41) is 73.4. The Bertz CT molecular complexity index is 1460. The van der Waals surface area contributed by atoms with Crippen molar-refractivity contribution in [1.82, 2.24) is 0 Å². The van der Waals surface area contributed by atoms with Crippen molar-refractivity contribution in [2.75, 3.05) is 19.8 Å². The lowest BCUT2D eigenvalue weighted by Gasteiger charge is -2.74. The minimum absolute atomic E-state index is 0.0115. The largest absolute Gasteiger partial charge is 0.458 e. The Balaban J connectivity index is 1.00. The first-order valence-corrected chi connectivity index (χ1v) is 20.7. The summed E-state index contributed by atoms with van der Waals surface area (Å²) in [6.45, 7) is 13.4. The Hall–Kier alpha value is -0.970. The summed E-state index contributed by atoms with van der Waals surface area (Å²) in [7, 11) is 0. The molecule has 13 nitrogen and oxygen atoms in total. The van der Waals surface area contributed by atoms with Gasteiger partial charge >= 0.3 is 5.97 Å². The van der Waals surface area contributed by atoms with Crippen molar-refractivity contribution >= 4 is 5.97 Å². The van der Waals surface area contributed by atoms with E-state index >= 15 is 0 Å². The fourth-order valence-electron chi connectivity index (χ4n) is 14.7. The molecule has 0 aromatic heterocycles. The van der Waals surface area contributed by atoms with E-state index in [0.717, 1.165) is 70.6 Å². The van der Waals surface area contributed by atoms with Crippen LogP contribution < -0.4 is 0 Å². The molecule has 5 saturated carbocycles. The van der Waals surface area contributed by atoms with Crippen molar-refractivity contribution < 1.29 is 64.2 Å². The Morgan fingerprint density at radius 1 is 0.722 bits per heavy atom. The van der Waals surface area contributed by atoms with Crippen molar-refractivity contribution in [3.05, 3.63) is 0 Å². The number of aliphatic hydroxyl groups excluding tert-OH is 7. The van der Waals surface area contributed by atoms with Gasteiger partial charge in [-0.15, -0.1) is 0 Å². The summed E-state index contributed by atoms with van der Waals surface area (Å²) in [6.07, 6.45) is -3.32. The number of carbonyl (C=O) groups excluding carboxylic acids is 1. The van der Waals surface area contributed by atoms with Gasteiger partial charge in [-0.1, -0.05) is 41.5 Å². The lowest BCUT2D eigenvalue weighted by atomic mass is 9.31. The Morgan fingerprint density at radius 2 is 1.43 bits per heavy atom. The zero-order valence-corrected chi connectivity index (χ0v) is 33.0. The third kappa shape index (κ3) is 5.18. The monoisotopic (exact) mass is 766 g/mol. The van der Waals surface area contributed by atoms with E-state index in [9.17, 15) is 40.5 Å². The molecule has 8 rings (SSSR count). The molecule has 3 heterocycles. The van der Waals surface area contributed by atoms with E-state index in [1.54, 1.807) is 0 Å². The van der Waals surface area contributed by atoms with Crippen molar-refractivity contribution in [2.24, 2.45) is 50.2 Å². The number of fused-ring (bicyclic) bond motifs is 4. The van der Waals surface area contributed by atoms with Crippen LogP contribution in [0.5, 0.6) is 0 Å². The van der Waals surface area contributed by atoms with Gasteiger partial charge in [-0.2, -0.15) is 0 Å². The Labute approximate surface area is 319 Å². The molecule has 0 aromatic rings. The van der Waals surface area contributed by atoms with Gasteiger partial charge in [0.15, 0.2) is 12.6 Å². The lowest BCUT2D eigenvalue weighted by Crippen LogP contribution is -2.72. The average molecular weight is 767 g/mol. The zero-order valence-electron chi connectivity index (χ0n) is 33.0. The summed E-state index contributed by atoms with van der Waals surface area (Å²) >= 11 is 0. The second-order valence-corrected chi connectivity index (χ2v) is 20.6. The van der Waals surface area contributed by atoms with Crippen LogP contribution in [0.4, 0.5) is 0 Å². The highest BCUT2D eigenvalue weighted by atomic mass is 16.7.